The molecule has 1 fully saturated rings. The van der Waals surface area contributed by atoms with Gasteiger partial charge in [-0.3, -0.25) is 9.59 Å². The monoisotopic (exact) mass is 380 g/mol. The van der Waals surface area contributed by atoms with Gasteiger partial charge in [0.2, 0.25) is 11.8 Å². The van der Waals surface area contributed by atoms with Crippen LogP contribution >= 0.6 is 0 Å². The van der Waals surface area contributed by atoms with Crippen molar-refractivity contribution >= 4 is 17.5 Å². The molecule has 1 N–H and O–H groups in total. The van der Waals surface area contributed by atoms with Crippen molar-refractivity contribution in [2.75, 3.05) is 24.7 Å². The fourth-order valence-corrected chi connectivity index (χ4v) is 3.58. The number of nitrogens with zero attached hydrogens (tertiary/aromatic N) is 1. The Morgan fingerprint density at radius 2 is 1.79 bits per heavy atom. The van der Waals surface area contributed by atoms with E-state index in [1.165, 1.54) is 5.56 Å². The fourth-order valence-electron chi connectivity index (χ4n) is 3.58. The van der Waals surface area contributed by atoms with Gasteiger partial charge in [-0.1, -0.05) is 25.1 Å². The van der Waals surface area contributed by atoms with Gasteiger partial charge in [-0.15, -0.1) is 0 Å². The van der Waals surface area contributed by atoms with Gasteiger partial charge >= 0.3 is 0 Å². The van der Waals surface area contributed by atoms with Crippen LogP contribution in [0.1, 0.15) is 24.5 Å². The van der Waals surface area contributed by atoms with Gasteiger partial charge in [-0.25, -0.2) is 0 Å². The number of aryl methyl sites for hydroxylation is 1. The number of fused-ring (bicyclic) bond motifs is 1. The number of anilines is 1. The molecule has 2 heterocycles. The summed E-state index contributed by atoms with van der Waals surface area (Å²) in [6.45, 7) is 3.99. The number of carbonyl (C=O) groups excluding carboxylic acids is 2. The highest BCUT2D eigenvalue weighted by Gasteiger charge is 2.35. The highest BCUT2D eigenvalue weighted by molar-refractivity contribution is 6.00. The topological polar surface area (TPSA) is 67.9 Å². The number of benzene rings is 2. The van der Waals surface area contributed by atoms with Crippen molar-refractivity contribution in [1.29, 1.82) is 0 Å². The summed E-state index contributed by atoms with van der Waals surface area (Å²) in [5, 5.41) is 2.94. The van der Waals surface area contributed by atoms with E-state index in [9.17, 15) is 9.59 Å². The number of nitrogens with one attached hydrogen (secondary N) is 1. The lowest BCUT2D eigenvalue weighted by Gasteiger charge is -2.19. The van der Waals surface area contributed by atoms with Crippen LogP contribution < -0.4 is 19.7 Å². The van der Waals surface area contributed by atoms with Gasteiger partial charge in [-0.2, -0.15) is 0 Å². The molecule has 1 saturated heterocycles. The van der Waals surface area contributed by atoms with Crippen LogP contribution in [0.25, 0.3) is 0 Å². The number of carbonyl (C=O) groups is 2. The molecule has 2 amide bonds. The lowest BCUT2D eigenvalue weighted by Crippen LogP contribution is -2.32. The zero-order chi connectivity index (χ0) is 19.5. The van der Waals surface area contributed by atoms with Crippen LogP contribution in [-0.4, -0.2) is 31.6 Å². The van der Waals surface area contributed by atoms with Gasteiger partial charge in [-0.05, 0) is 41.8 Å². The van der Waals surface area contributed by atoms with Gasteiger partial charge in [0, 0.05) is 25.2 Å². The molecule has 146 valence electrons. The predicted molar refractivity (Wildman–Crippen MR) is 106 cm³/mol. The maximum Gasteiger partial charge on any atom is 0.227 e. The van der Waals surface area contributed by atoms with Crippen molar-refractivity contribution in [3.63, 3.8) is 0 Å². The minimum absolute atomic E-state index is 0.0104. The molecule has 2 aromatic rings. The number of rotatable bonds is 5. The predicted octanol–water partition coefficient (Wildman–Crippen LogP) is 2.69. The Labute approximate surface area is 164 Å². The molecule has 0 aromatic heterocycles. The summed E-state index contributed by atoms with van der Waals surface area (Å²) >= 11 is 0. The third-order valence-electron chi connectivity index (χ3n) is 5.23. The summed E-state index contributed by atoms with van der Waals surface area (Å²) < 4.78 is 11.1. The van der Waals surface area contributed by atoms with Crippen LogP contribution in [0.3, 0.4) is 0 Å². The first-order chi connectivity index (χ1) is 13.6. The van der Waals surface area contributed by atoms with Crippen LogP contribution in [0, 0.1) is 5.92 Å². The van der Waals surface area contributed by atoms with Crippen LogP contribution in [0.4, 0.5) is 5.69 Å². The molecule has 2 aromatic carbocycles. The minimum atomic E-state index is -0.337. The largest absolute Gasteiger partial charge is 0.486 e. The average molecular weight is 380 g/mol. The highest BCUT2D eigenvalue weighted by atomic mass is 16.6. The molecule has 0 saturated carbocycles. The molecule has 6 nitrogen and oxygen atoms in total. The quantitative estimate of drug-likeness (QED) is 0.866. The maximum absolute atomic E-state index is 12.6. The van der Waals surface area contributed by atoms with E-state index in [2.05, 4.69) is 12.2 Å². The Bertz CT molecular complexity index is 879. The third-order valence-corrected chi connectivity index (χ3v) is 5.23. The van der Waals surface area contributed by atoms with Gasteiger partial charge < -0.3 is 19.7 Å². The number of amides is 2. The first kappa shape index (κ1) is 18.3. The lowest BCUT2D eigenvalue weighted by atomic mass is 10.1. The van der Waals surface area contributed by atoms with Crippen molar-refractivity contribution in [1.82, 2.24) is 5.32 Å². The Balaban J connectivity index is 1.35. The Morgan fingerprint density at radius 3 is 2.54 bits per heavy atom. The van der Waals surface area contributed by atoms with E-state index in [-0.39, 0.29) is 24.2 Å². The lowest BCUT2D eigenvalue weighted by molar-refractivity contribution is -0.126. The number of hydrogen-bond donors (Lipinski definition) is 1. The Morgan fingerprint density at radius 1 is 1.07 bits per heavy atom. The summed E-state index contributed by atoms with van der Waals surface area (Å²) in [6, 6.07) is 13.6. The molecule has 28 heavy (non-hydrogen) atoms. The zero-order valence-electron chi connectivity index (χ0n) is 15.9. The second kappa shape index (κ2) is 7.92. The second-order valence-electron chi connectivity index (χ2n) is 7.12. The zero-order valence-corrected chi connectivity index (χ0v) is 15.9. The van der Waals surface area contributed by atoms with Crippen molar-refractivity contribution in [2.24, 2.45) is 5.92 Å². The Hall–Kier alpha value is -3.02. The molecular formula is C22H24N2O4. The van der Waals surface area contributed by atoms with Crippen LogP contribution in [0.15, 0.2) is 42.5 Å². The van der Waals surface area contributed by atoms with Crippen molar-refractivity contribution in [2.45, 2.75) is 26.3 Å². The van der Waals surface area contributed by atoms with Crippen LogP contribution in [0.2, 0.25) is 0 Å². The number of ether oxygens (including phenoxy) is 2. The van der Waals surface area contributed by atoms with E-state index < -0.39 is 0 Å². The summed E-state index contributed by atoms with van der Waals surface area (Å²) in [5.74, 6) is 0.985. The molecule has 0 bridgehead atoms. The first-order valence-corrected chi connectivity index (χ1v) is 9.69. The second-order valence-corrected chi connectivity index (χ2v) is 7.12. The molecular weight excluding hydrogens is 356 g/mol. The van der Waals surface area contributed by atoms with Gasteiger partial charge in [0.1, 0.15) is 13.2 Å². The van der Waals surface area contributed by atoms with E-state index in [4.69, 9.17) is 9.47 Å². The molecule has 2 aliphatic rings. The van der Waals surface area contributed by atoms with E-state index in [0.717, 1.165) is 23.4 Å². The normalized spacial score (nSPS) is 18.2. The van der Waals surface area contributed by atoms with Gasteiger partial charge in [0.15, 0.2) is 11.5 Å². The van der Waals surface area contributed by atoms with Crippen molar-refractivity contribution in [3.8, 4) is 11.5 Å². The van der Waals surface area contributed by atoms with E-state index >= 15 is 0 Å². The highest BCUT2D eigenvalue weighted by Crippen LogP contribution is 2.31. The van der Waals surface area contributed by atoms with Crippen molar-refractivity contribution in [3.05, 3.63) is 53.6 Å². The molecule has 4 rings (SSSR count). The van der Waals surface area contributed by atoms with Crippen LogP contribution in [0.5, 0.6) is 11.5 Å². The minimum Gasteiger partial charge on any atom is -0.486 e. The smallest absolute Gasteiger partial charge is 0.227 e. The first-order valence-electron chi connectivity index (χ1n) is 9.69. The van der Waals surface area contributed by atoms with Crippen LogP contribution in [-0.2, 0) is 22.6 Å². The molecule has 0 radical (unpaired) electrons. The maximum atomic E-state index is 12.6. The number of hydrogen-bond acceptors (Lipinski definition) is 4. The summed E-state index contributed by atoms with van der Waals surface area (Å²) in [6.07, 6.45) is 1.20. The molecule has 1 unspecified atom stereocenters. The third kappa shape index (κ3) is 3.81. The molecule has 0 aliphatic carbocycles. The Kier molecular flexibility index (Phi) is 5.19. The SMILES string of the molecule is CCc1ccc(N2CC(C(=O)NCc3ccc4c(c3)OCCO4)CC2=O)cc1. The fraction of sp³-hybridized carbons (Fsp3) is 0.364. The van der Waals surface area contributed by atoms with Gasteiger partial charge in [0.25, 0.3) is 0 Å². The molecule has 0 spiro atoms. The van der Waals surface area contributed by atoms with E-state index in [0.29, 0.717) is 32.1 Å². The summed E-state index contributed by atoms with van der Waals surface area (Å²) in [7, 11) is 0. The summed E-state index contributed by atoms with van der Waals surface area (Å²) in [5.41, 5.74) is 3.02. The average Bonchev–Trinajstić information content (AvgIpc) is 3.13. The van der Waals surface area contributed by atoms with E-state index in [1.54, 1.807) is 4.90 Å². The molecule has 6 heteroatoms. The summed E-state index contributed by atoms with van der Waals surface area (Å²) in [4.78, 5) is 26.7. The van der Waals surface area contributed by atoms with Gasteiger partial charge in [0.05, 0.1) is 5.92 Å². The molecule has 1 atom stereocenters. The van der Waals surface area contributed by atoms with Crippen molar-refractivity contribution < 1.29 is 19.1 Å². The van der Waals surface area contributed by atoms with E-state index in [1.807, 2.05) is 42.5 Å². The standard InChI is InChI=1S/C22H24N2O4/c1-2-15-3-6-18(7-4-15)24-14-17(12-21(24)25)22(26)23-13-16-5-8-19-20(11-16)28-10-9-27-19/h3-8,11,17H,2,9-10,12-14H2,1H3,(H,23,26). The molecule has 2 aliphatic heterocycles.